The fraction of sp³-hybridized carbons (Fsp3) is 0.368. The van der Waals surface area contributed by atoms with Crippen molar-refractivity contribution in [2.45, 2.75) is 31.9 Å². The average molecular weight is 390 g/mol. The van der Waals surface area contributed by atoms with Crippen LogP contribution in [0, 0.1) is 6.92 Å². The molecule has 4 heterocycles. The molecule has 3 aromatic rings. The minimum atomic E-state index is -4.55. The van der Waals surface area contributed by atoms with Crippen molar-refractivity contribution < 1.29 is 22.5 Å². The van der Waals surface area contributed by atoms with Crippen LogP contribution >= 0.6 is 0 Å². The molecule has 1 fully saturated rings. The molecule has 0 spiro atoms. The summed E-state index contributed by atoms with van der Waals surface area (Å²) in [6.07, 6.45) is -0.179. The lowest BCUT2D eigenvalue weighted by Gasteiger charge is -2.32. The predicted molar refractivity (Wildman–Crippen MR) is 93.7 cm³/mol. The molecular formula is C19H17F3N4O2. The molecule has 0 aromatic carbocycles. The number of nitrogens with zero attached hydrogens (tertiary/aromatic N) is 4. The van der Waals surface area contributed by atoms with Gasteiger partial charge in [0.15, 0.2) is 0 Å². The Hall–Kier alpha value is -2.97. The van der Waals surface area contributed by atoms with E-state index in [2.05, 4.69) is 15.1 Å². The van der Waals surface area contributed by atoms with E-state index in [-0.39, 0.29) is 40.9 Å². The van der Waals surface area contributed by atoms with Gasteiger partial charge in [0.1, 0.15) is 0 Å². The first-order valence-corrected chi connectivity index (χ1v) is 8.88. The zero-order valence-corrected chi connectivity index (χ0v) is 15.0. The molecule has 0 bridgehead atoms. The number of hydrogen-bond donors (Lipinski definition) is 0. The summed E-state index contributed by atoms with van der Waals surface area (Å²) in [5, 5.41) is 3.51. The van der Waals surface area contributed by atoms with Crippen molar-refractivity contribution in [2.24, 2.45) is 0 Å². The first-order chi connectivity index (χ1) is 13.3. The smallest absolute Gasteiger partial charge is 0.338 e. The lowest BCUT2D eigenvalue weighted by molar-refractivity contribution is -0.136. The molecule has 0 radical (unpaired) electrons. The molecule has 1 aliphatic rings. The van der Waals surface area contributed by atoms with Gasteiger partial charge >= 0.3 is 6.18 Å². The zero-order valence-electron chi connectivity index (χ0n) is 15.0. The number of carbonyl (C=O) groups is 1. The van der Waals surface area contributed by atoms with Gasteiger partial charge in [-0.3, -0.25) is 9.78 Å². The summed E-state index contributed by atoms with van der Waals surface area (Å²) in [6, 6.07) is 4.41. The van der Waals surface area contributed by atoms with Gasteiger partial charge in [-0.05, 0) is 38.0 Å². The van der Waals surface area contributed by atoms with Crippen LogP contribution in [-0.4, -0.2) is 39.0 Å². The van der Waals surface area contributed by atoms with E-state index in [1.165, 1.54) is 13.1 Å². The Balaban J connectivity index is 1.67. The molecule has 9 heteroatoms. The van der Waals surface area contributed by atoms with E-state index in [9.17, 15) is 18.0 Å². The van der Waals surface area contributed by atoms with E-state index in [0.29, 0.717) is 24.9 Å². The largest absolute Gasteiger partial charge is 0.417 e. The number of aromatic nitrogens is 3. The van der Waals surface area contributed by atoms with Crippen LogP contribution < -0.4 is 0 Å². The van der Waals surface area contributed by atoms with E-state index in [4.69, 9.17) is 4.52 Å². The zero-order chi connectivity index (χ0) is 19.9. The Morgan fingerprint density at radius 1 is 1.36 bits per heavy atom. The van der Waals surface area contributed by atoms with Crippen molar-refractivity contribution in [3.63, 3.8) is 0 Å². The number of alkyl halides is 3. The number of halogens is 3. The molecule has 28 heavy (non-hydrogen) atoms. The molecule has 0 N–H and O–H groups in total. The first kappa shape index (κ1) is 18.4. The highest BCUT2D eigenvalue weighted by molar-refractivity contribution is 5.94. The third-order valence-corrected chi connectivity index (χ3v) is 4.98. The molecule has 0 unspecified atom stereocenters. The topological polar surface area (TPSA) is 72.1 Å². The van der Waals surface area contributed by atoms with Crippen LogP contribution in [0.15, 0.2) is 35.1 Å². The summed E-state index contributed by atoms with van der Waals surface area (Å²) < 4.78 is 45.8. The van der Waals surface area contributed by atoms with Crippen molar-refractivity contribution >= 4 is 17.0 Å². The van der Waals surface area contributed by atoms with Gasteiger partial charge in [-0.15, -0.1) is 0 Å². The molecule has 0 aliphatic carbocycles. The van der Waals surface area contributed by atoms with Crippen molar-refractivity contribution in [3.05, 3.63) is 53.1 Å². The third kappa shape index (κ3) is 3.32. The summed E-state index contributed by atoms with van der Waals surface area (Å²) >= 11 is 0. The Morgan fingerprint density at radius 2 is 2.18 bits per heavy atom. The summed E-state index contributed by atoms with van der Waals surface area (Å²) in [5.41, 5.74) is -0.0635. The van der Waals surface area contributed by atoms with Crippen LogP contribution in [0.3, 0.4) is 0 Å². The highest BCUT2D eigenvalue weighted by atomic mass is 19.4. The number of carbonyl (C=O) groups excluding carboxylic acids is 1. The standard InChI is InChI=1S/C19H17F3N4O2/c1-11-16-14(19(20,21)22)8-15(24-17(16)28-25-11)13-5-3-7-26(10-13)18(27)12-4-2-6-23-9-12/h2,4,6,8-9,13H,3,5,7,10H2,1H3/t13-/m0/s1. The Labute approximate surface area is 158 Å². The van der Waals surface area contributed by atoms with Gasteiger partial charge in [0, 0.05) is 31.4 Å². The molecule has 1 amide bonds. The number of rotatable bonds is 2. The Morgan fingerprint density at radius 3 is 2.89 bits per heavy atom. The highest BCUT2D eigenvalue weighted by Crippen LogP contribution is 2.38. The summed E-state index contributed by atoms with van der Waals surface area (Å²) in [4.78, 5) is 22.5. The SMILES string of the molecule is Cc1noc2nc([C@H]3CCCN(C(=O)c4cccnc4)C3)cc(C(F)(F)F)c12. The van der Waals surface area contributed by atoms with Crippen LogP contribution in [0.1, 0.15) is 46.1 Å². The summed E-state index contributed by atoms with van der Waals surface area (Å²) in [7, 11) is 0. The predicted octanol–water partition coefficient (Wildman–Crippen LogP) is 3.96. The van der Waals surface area contributed by atoms with E-state index in [1.54, 1.807) is 23.2 Å². The Kier molecular flexibility index (Phi) is 4.52. The van der Waals surface area contributed by atoms with E-state index >= 15 is 0 Å². The molecule has 0 saturated carbocycles. The number of aryl methyl sites for hydroxylation is 1. The second kappa shape index (κ2) is 6.88. The molecule has 146 valence electrons. The third-order valence-electron chi connectivity index (χ3n) is 4.98. The molecule has 4 rings (SSSR count). The fourth-order valence-electron chi connectivity index (χ4n) is 3.62. The number of fused-ring (bicyclic) bond motifs is 1. The fourth-order valence-corrected chi connectivity index (χ4v) is 3.62. The molecule has 1 atom stereocenters. The van der Waals surface area contributed by atoms with Crippen molar-refractivity contribution in [3.8, 4) is 0 Å². The van der Waals surface area contributed by atoms with Crippen molar-refractivity contribution in [1.29, 1.82) is 0 Å². The van der Waals surface area contributed by atoms with E-state index in [0.717, 1.165) is 6.07 Å². The van der Waals surface area contributed by atoms with Crippen LogP contribution in [0.5, 0.6) is 0 Å². The minimum Gasteiger partial charge on any atom is -0.338 e. The minimum absolute atomic E-state index is 0.115. The second-order valence-electron chi connectivity index (χ2n) is 6.87. The summed E-state index contributed by atoms with van der Waals surface area (Å²) in [5.74, 6) is -0.504. The molecule has 1 aliphatic heterocycles. The van der Waals surface area contributed by atoms with Gasteiger partial charge < -0.3 is 9.42 Å². The van der Waals surface area contributed by atoms with Crippen LogP contribution in [-0.2, 0) is 6.18 Å². The maximum atomic E-state index is 13.6. The van der Waals surface area contributed by atoms with Gasteiger partial charge in [-0.2, -0.15) is 13.2 Å². The number of piperidine rings is 1. The molecule has 1 saturated heterocycles. The number of pyridine rings is 2. The quantitative estimate of drug-likeness (QED) is 0.662. The molecule has 3 aromatic heterocycles. The van der Waals surface area contributed by atoms with E-state index in [1.807, 2.05) is 0 Å². The first-order valence-electron chi connectivity index (χ1n) is 8.88. The van der Waals surface area contributed by atoms with Gasteiger partial charge in [-0.25, -0.2) is 4.98 Å². The van der Waals surface area contributed by atoms with Crippen LogP contribution in [0.2, 0.25) is 0 Å². The lowest BCUT2D eigenvalue weighted by atomic mass is 9.92. The van der Waals surface area contributed by atoms with Gasteiger partial charge in [0.2, 0.25) is 0 Å². The maximum Gasteiger partial charge on any atom is 0.417 e. The van der Waals surface area contributed by atoms with E-state index < -0.39 is 11.7 Å². The van der Waals surface area contributed by atoms with Gasteiger partial charge in [-0.1, -0.05) is 5.16 Å². The molecule has 6 nitrogen and oxygen atoms in total. The van der Waals surface area contributed by atoms with Gasteiger partial charge in [0.05, 0.1) is 27.9 Å². The molecular weight excluding hydrogens is 373 g/mol. The highest BCUT2D eigenvalue weighted by Gasteiger charge is 2.37. The number of likely N-dealkylation sites (tertiary alicyclic amines) is 1. The Bertz CT molecular complexity index is 1020. The monoisotopic (exact) mass is 390 g/mol. The average Bonchev–Trinajstić information content (AvgIpc) is 3.07. The van der Waals surface area contributed by atoms with Gasteiger partial charge in [0.25, 0.3) is 11.6 Å². The van der Waals surface area contributed by atoms with Crippen molar-refractivity contribution in [1.82, 2.24) is 20.0 Å². The van der Waals surface area contributed by atoms with Crippen LogP contribution in [0.4, 0.5) is 13.2 Å². The van der Waals surface area contributed by atoms with Crippen LogP contribution in [0.25, 0.3) is 11.1 Å². The normalized spacial score (nSPS) is 17.9. The maximum absolute atomic E-state index is 13.6. The lowest BCUT2D eigenvalue weighted by Crippen LogP contribution is -2.39. The second-order valence-corrected chi connectivity index (χ2v) is 6.87. The van der Waals surface area contributed by atoms with Crippen molar-refractivity contribution in [2.75, 3.05) is 13.1 Å². The number of amides is 1. The summed E-state index contributed by atoms with van der Waals surface area (Å²) in [6.45, 7) is 2.29. The number of hydrogen-bond acceptors (Lipinski definition) is 5.